The molecule has 0 unspecified atom stereocenters. The van der Waals surface area contributed by atoms with Crippen molar-refractivity contribution < 1.29 is 58.6 Å². The quantitative estimate of drug-likeness (QED) is 0.126. The summed E-state index contributed by atoms with van der Waals surface area (Å²) in [4.78, 5) is 44.3. The Balaban J connectivity index is 0.000000320. The number of amides is 2. The molecule has 15 heteroatoms. The first-order valence-electron chi connectivity index (χ1n) is 13.4. The molecule has 0 atom stereocenters. The largest absolute Gasteiger partial charge is 2.00 e. The van der Waals surface area contributed by atoms with Gasteiger partial charge in [-0.1, -0.05) is 36.4 Å². The number of ether oxygens (including phenoxy) is 4. The number of carbonyl (C=O) groups excluding carboxylic acids is 4. The summed E-state index contributed by atoms with van der Waals surface area (Å²) in [5, 5.41) is 45.3. The van der Waals surface area contributed by atoms with Crippen molar-refractivity contribution in [1.29, 1.82) is 0 Å². The molecule has 4 aromatic rings. The Kier molecular flexibility index (Phi) is 16.2. The summed E-state index contributed by atoms with van der Waals surface area (Å²) in [5.41, 5.74) is 0.578. The molecule has 4 rings (SSSR count). The zero-order chi connectivity index (χ0) is 33.3. The van der Waals surface area contributed by atoms with Crippen LogP contribution in [0.4, 0.5) is 21.0 Å². The predicted octanol–water partition coefficient (Wildman–Crippen LogP) is 2.39. The Morgan fingerprint density at radius 2 is 0.915 bits per heavy atom. The van der Waals surface area contributed by atoms with Crippen LogP contribution < -0.4 is 30.3 Å². The monoisotopic (exact) mass is 672 g/mol. The molecule has 4 aromatic carbocycles. The summed E-state index contributed by atoms with van der Waals surface area (Å²) in [7, 11) is 0. The van der Waals surface area contributed by atoms with E-state index in [0.717, 1.165) is 12.1 Å². The van der Waals surface area contributed by atoms with Gasteiger partial charge in [-0.25, -0.2) is 9.59 Å². The Bertz CT molecular complexity index is 1500. The number of aromatic carboxylic acids is 2. The van der Waals surface area contributed by atoms with Crippen LogP contribution >= 0.6 is 0 Å². The number of benzene rings is 4. The topological polar surface area (TPSA) is 216 Å². The summed E-state index contributed by atoms with van der Waals surface area (Å²) < 4.78 is 20.3. The van der Waals surface area contributed by atoms with Gasteiger partial charge >= 0.3 is 49.9 Å². The van der Waals surface area contributed by atoms with Gasteiger partial charge in [0, 0.05) is 34.6 Å². The van der Waals surface area contributed by atoms with Crippen molar-refractivity contribution in [2.45, 2.75) is 0 Å². The van der Waals surface area contributed by atoms with Crippen molar-refractivity contribution in [3.63, 3.8) is 0 Å². The molecule has 0 saturated heterocycles. The van der Waals surface area contributed by atoms with Crippen LogP contribution in [-0.4, -0.2) is 98.5 Å². The molecule has 0 aliphatic heterocycles. The molecule has 0 aliphatic rings. The van der Waals surface area contributed by atoms with Gasteiger partial charge in [0.05, 0.1) is 11.9 Å². The second-order valence-electron chi connectivity index (χ2n) is 8.88. The maximum absolute atomic E-state index is 11.5. The number of carboxylic acid groups (broad SMARTS) is 2. The molecular formula is C32H28CaN2O12. The first-order valence-corrected chi connectivity index (χ1v) is 13.4. The van der Waals surface area contributed by atoms with E-state index in [0.29, 0.717) is 11.4 Å². The third-order valence-corrected chi connectivity index (χ3v) is 5.59. The molecule has 47 heavy (non-hydrogen) atoms. The second kappa shape index (κ2) is 20.0. The third kappa shape index (κ3) is 13.8. The number of hydrogen-bond donors (Lipinski definition) is 4. The first kappa shape index (κ1) is 38.0. The molecule has 240 valence electrons. The smallest absolute Gasteiger partial charge is 0.545 e. The van der Waals surface area contributed by atoms with Crippen LogP contribution in [-0.2, 0) is 9.47 Å². The third-order valence-electron chi connectivity index (χ3n) is 5.59. The van der Waals surface area contributed by atoms with Crippen LogP contribution in [0.2, 0.25) is 0 Å². The fourth-order valence-electron chi connectivity index (χ4n) is 3.49. The second-order valence-corrected chi connectivity index (χ2v) is 8.88. The minimum atomic E-state index is -1.48. The van der Waals surface area contributed by atoms with E-state index in [1.54, 1.807) is 48.5 Å². The molecule has 0 spiro atoms. The van der Waals surface area contributed by atoms with Crippen molar-refractivity contribution in [2.75, 3.05) is 37.1 Å². The van der Waals surface area contributed by atoms with Crippen molar-refractivity contribution in [2.24, 2.45) is 0 Å². The van der Waals surface area contributed by atoms with Crippen molar-refractivity contribution in [1.82, 2.24) is 0 Å². The van der Waals surface area contributed by atoms with Gasteiger partial charge in [-0.3, -0.25) is 10.6 Å². The Labute approximate surface area is 298 Å². The van der Waals surface area contributed by atoms with E-state index in [4.69, 9.17) is 18.9 Å². The average Bonchev–Trinajstić information content (AvgIpc) is 3.02. The van der Waals surface area contributed by atoms with Crippen LogP contribution in [0.25, 0.3) is 0 Å². The van der Waals surface area contributed by atoms with Gasteiger partial charge in [0.15, 0.2) is 0 Å². The van der Waals surface area contributed by atoms with E-state index >= 15 is 0 Å². The number of rotatable bonds is 12. The summed E-state index contributed by atoms with van der Waals surface area (Å²) in [6.07, 6.45) is -1.23. The number of anilines is 2. The van der Waals surface area contributed by atoms with Gasteiger partial charge in [0.2, 0.25) is 0 Å². The number of hydrogen-bond acceptors (Lipinski definition) is 12. The van der Waals surface area contributed by atoms with E-state index in [1.165, 1.54) is 24.3 Å². The van der Waals surface area contributed by atoms with Crippen LogP contribution in [0.1, 0.15) is 20.7 Å². The molecule has 0 aliphatic carbocycles. The molecule has 0 fully saturated rings. The Morgan fingerprint density at radius 3 is 1.23 bits per heavy atom. The van der Waals surface area contributed by atoms with Crippen molar-refractivity contribution in [3.05, 3.63) is 108 Å². The summed E-state index contributed by atoms with van der Waals surface area (Å²) in [6, 6.07) is 25.0. The molecule has 0 radical (unpaired) electrons. The van der Waals surface area contributed by atoms with Gasteiger partial charge in [-0.15, -0.1) is 0 Å². The van der Waals surface area contributed by atoms with Crippen LogP contribution in [0.3, 0.4) is 0 Å². The SMILES string of the molecule is O=C(Nc1ccccc1)OCCOc1ccc(C(=O)[O-])c(O)c1.O=C(Nc1ccccc1)OCCOc1ccc(C(=O)[O-])c(O)c1.[Ca+2]. The average molecular weight is 673 g/mol. The molecule has 0 bridgehead atoms. The zero-order valence-electron chi connectivity index (χ0n) is 24.8. The molecule has 4 N–H and O–H groups in total. The van der Waals surface area contributed by atoms with E-state index in [-0.39, 0.29) is 86.8 Å². The fraction of sp³-hybridized carbons (Fsp3) is 0.125. The minimum Gasteiger partial charge on any atom is -0.545 e. The molecule has 14 nitrogen and oxygen atoms in total. The van der Waals surface area contributed by atoms with Gasteiger partial charge in [0.25, 0.3) is 0 Å². The van der Waals surface area contributed by atoms with Gasteiger partial charge in [-0.05, 0) is 48.5 Å². The van der Waals surface area contributed by atoms with Crippen molar-refractivity contribution in [3.8, 4) is 23.0 Å². The molecular weight excluding hydrogens is 644 g/mol. The summed E-state index contributed by atoms with van der Waals surface area (Å²) in [5.74, 6) is -3.36. The number of aromatic hydroxyl groups is 2. The Morgan fingerprint density at radius 1 is 0.553 bits per heavy atom. The van der Waals surface area contributed by atoms with E-state index < -0.39 is 35.6 Å². The molecule has 0 saturated carbocycles. The maximum Gasteiger partial charge on any atom is 2.00 e. The van der Waals surface area contributed by atoms with Crippen LogP contribution in [0, 0.1) is 0 Å². The maximum atomic E-state index is 11.5. The van der Waals surface area contributed by atoms with Gasteiger partial charge < -0.3 is 49.0 Å². The standard InChI is InChI=1S/2C16H15NO6.Ca/c2*18-14-10-12(6-7-13(14)15(19)20)22-8-9-23-16(21)17-11-4-2-1-3-5-11;/h2*1-7,10,18H,8-9H2,(H,17,21)(H,19,20);/q;;+2/p-2. The minimum absolute atomic E-state index is 0. The zero-order valence-corrected chi connectivity index (χ0v) is 27.0. The van der Waals surface area contributed by atoms with E-state index in [9.17, 15) is 39.6 Å². The normalized spacial score (nSPS) is 9.70. The Hall–Kier alpha value is -5.18. The van der Waals surface area contributed by atoms with Crippen molar-refractivity contribution >= 4 is 73.2 Å². The number of nitrogens with one attached hydrogen (secondary N) is 2. The number of carbonyl (C=O) groups is 4. The fourth-order valence-corrected chi connectivity index (χ4v) is 3.49. The summed E-state index contributed by atoms with van der Waals surface area (Å²) in [6.45, 7) is 0.0714. The van der Waals surface area contributed by atoms with E-state index in [1.807, 2.05) is 12.1 Å². The number of para-hydroxylation sites is 2. The summed E-state index contributed by atoms with van der Waals surface area (Å²) >= 11 is 0. The van der Waals surface area contributed by atoms with Gasteiger partial charge in [0.1, 0.15) is 49.4 Å². The number of carboxylic acids is 2. The molecule has 2 amide bonds. The molecule has 0 aromatic heterocycles. The van der Waals surface area contributed by atoms with E-state index in [2.05, 4.69) is 10.6 Å². The van der Waals surface area contributed by atoms with Gasteiger partial charge in [-0.2, -0.15) is 0 Å². The molecule has 0 heterocycles. The van der Waals surface area contributed by atoms with Crippen LogP contribution in [0.15, 0.2) is 97.1 Å². The van der Waals surface area contributed by atoms with Crippen LogP contribution in [0.5, 0.6) is 23.0 Å². The first-order chi connectivity index (χ1) is 22.1. The number of phenols is 2. The predicted molar refractivity (Wildman–Crippen MR) is 164 cm³/mol.